The third kappa shape index (κ3) is 4.52. The number of likely N-dealkylation sites (tertiary alicyclic amines) is 1. The number of aromatic nitrogens is 4. The van der Waals surface area contributed by atoms with Crippen molar-refractivity contribution < 1.29 is 18.0 Å². The summed E-state index contributed by atoms with van der Waals surface area (Å²) in [5.74, 6) is -1.34. The average molecular weight is 447 g/mol. The maximum atomic E-state index is 12.7. The van der Waals surface area contributed by atoms with Gasteiger partial charge in [0.2, 0.25) is 5.82 Å². The summed E-state index contributed by atoms with van der Waals surface area (Å²) in [5, 5.41) is 7.04. The molecule has 1 amide bonds. The molecule has 0 aromatic carbocycles. The number of halogens is 3. The molecule has 0 spiro atoms. The summed E-state index contributed by atoms with van der Waals surface area (Å²) in [6, 6.07) is 2.20. The lowest BCUT2D eigenvalue weighted by Gasteiger charge is -2.38. The fourth-order valence-electron chi connectivity index (χ4n) is 4.08. The van der Waals surface area contributed by atoms with Crippen LogP contribution in [0.1, 0.15) is 41.5 Å². The summed E-state index contributed by atoms with van der Waals surface area (Å²) in [5.41, 5.74) is 2.57. The highest BCUT2D eigenvalue weighted by atomic mass is 19.4. The molecule has 2 atom stereocenters. The van der Waals surface area contributed by atoms with Gasteiger partial charge in [0.05, 0.1) is 11.3 Å². The van der Waals surface area contributed by atoms with E-state index in [0.29, 0.717) is 23.3 Å². The number of anilines is 1. The smallest absolute Gasteiger partial charge is 0.381 e. The number of amides is 1. The Balaban J connectivity index is 1.44. The van der Waals surface area contributed by atoms with Crippen LogP contribution >= 0.6 is 0 Å². The van der Waals surface area contributed by atoms with Gasteiger partial charge in [0.1, 0.15) is 5.65 Å². The molecule has 1 aliphatic heterocycles. The number of hydrogen-bond acceptors (Lipinski definition) is 6. The van der Waals surface area contributed by atoms with E-state index in [2.05, 4.69) is 42.4 Å². The van der Waals surface area contributed by atoms with Gasteiger partial charge >= 0.3 is 6.18 Å². The minimum Gasteiger partial charge on any atom is -0.381 e. The highest BCUT2D eigenvalue weighted by Crippen LogP contribution is 2.30. The summed E-state index contributed by atoms with van der Waals surface area (Å²) in [7, 11) is 1.58. The number of H-pyrrole nitrogens is 1. The Morgan fingerprint density at radius 2 is 2.00 bits per heavy atom. The third-order valence-corrected chi connectivity index (χ3v) is 5.77. The molecule has 4 rings (SSSR count). The number of pyridine rings is 1. The molecule has 1 fully saturated rings. The van der Waals surface area contributed by atoms with Crippen LogP contribution in [0.5, 0.6) is 0 Å². The zero-order valence-electron chi connectivity index (χ0n) is 17.7. The number of rotatable bonds is 5. The number of fused-ring (bicyclic) bond motifs is 1. The lowest BCUT2D eigenvalue weighted by Crippen LogP contribution is -2.44. The maximum absolute atomic E-state index is 12.7. The number of alkyl halides is 3. The van der Waals surface area contributed by atoms with Crippen LogP contribution in [0.3, 0.4) is 0 Å². The van der Waals surface area contributed by atoms with E-state index < -0.39 is 12.0 Å². The van der Waals surface area contributed by atoms with Crippen LogP contribution < -0.4 is 10.6 Å². The van der Waals surface area contributed by atoms with E-state index in [1.807, 2.05) is 6.07 Å². The molecule has 3 N–H and O–H groups in total. The normalized spacial score (nSPS) is 19.8. The van der Waals surface area contributed by atoms with Crippen LogP contribution in [0.15, 0.2) is 30.9 Å². The van der Waals surface area contributed by atoms with Crippen molar-refractivity contribution in [3.05, 3.63) is 47.8 Å². The van der Waals surface area contributed by atoms with E-state index in [4.69, 9.17) is 0 Å². The number of nitrogens with zero attached hydrogens (tertiary/aromatic N) is 4. The van der Waals surface area contributed by atoms with Crippen LogP contribution in [-0.4, -0.2) is 56.4 Å². The Bertz CT molecular complexity index is 1100. The molecule has 4 heterocycles. The maximum Gasteiger partial charge on any atom is 0.451 e. The van der Waals surface area contributed by atoms with Crippen LogP contribution in [0.2, 0.25) is 0 Å². The first kappa shape index (κ1) is 22.0. The number of nitrogens with one attached hydrogen (secondary N) is 3. The van der Waals surface area contributed by atoms with Gasteiger partial charge in [0, 0.05) is 68.0 Å². The number of carbonyl (C=O) groups excluding carboxylic acids is 1. The first-order valence-corrected chi connectivity index (χ1v) is 10.3. The molecule has 0 bridgehead atoms. The molecule has 0 radical (unpaired) electrons. The van der Waals surface area contributed by atoms with Gasteiger partial charge in [-0.25, -0.2) is 15.0 Å². The zero-order chi connectivity index (χ0) is 22.9. The number of piperidine rings is 1. The SMILES string of the molecule is CNC(=O)c1cnc2[nH]ccc2c1N[C@@H]1CCN(Cc2cnc(C(F)(F)F)nc2)[C@H](C)C1. The second-order valence-electron chi connectivity index (χ2n) is 7.96. The fraction of sp³-hybridized carbons (Fsp3) is 0.429. The van der Waals surface area contributed by atoms with E-state index in [1.165, 1.54) is 12.4 Å². The van der Waals surface area contributed by atoms with Crippen molar-refractivity contribution in [3.8, 4) is 0 Å². The van der Waals surface area contributed by atoms with Gasteiger partial charge in [0.15, 0.2) is 0 Å². The number of aromatic amines is 1. The van der Waals surface area contributed by atoms with Gasteiger partial charge in [0.25, 0.3) is 5.91 Å². The van der Waals surface area contributed by atoms with Crippen molar-refractivity contribution in [1.29, 1.82) is 0 Å². The molecule has 0 aliphatic carbocycles. The zero-order valence-corrected chi connectivity index (χ0v) is 17.7. The van der Waals surface area contributed by atoms with Crippen molar-refractivity contribution in [1.82, 2.24) is 30.2 Å². The Morgan fingerprint density at radius 3 is 2.66 bits per heavy atom. The standard InChI is InChI=1S/C21H24F3N7O/c1-12-7-14(4-6-31(12)11-13-8-28-20(29-9-13)21(22,23)24)30-17-15-3-5-26-18(15)27-10-16(17)19(32)25-2/h3,5,8-10,12,14H,4,6-7,11H2,1-2H3,(H,25,32)(H2,26,27,30)/t12-,14-/m1/s1. The minimum absolute atomic E-state index is 0.133. The monoisotopic (exact) mass is 447 g/mol. The van der Waals surface area contributed by atoms with Crippen molar-refractivity contribution >= 4 is 22.6 Å². The van der Waals surface area contributed by atoms with E-state index in [-0.39, 0.29) is 18.0 Å². The molecule has 11 heteroatoms. The van der Waals surface area contributed by atoms with Crippen molar-refractivity contribution in [3.63, 3.8) is 0 Å². The fourth-order valence-corrected chi connectivity index (χ4v) is 4.08. The average Bonchev–Trinajstić information content (AvgIpc) is 3.24. The number of carbonyl (C=O) groups is 1. The summed E-state index contributed by atoms with van der Waals surface area (Å²) in [4.78, 5) is 28.8. The Morgan fingerprint density at radius 1 is 1.25 bits per heavy atom. The highest BCUT2D eigenvalue weighted by Gasteiger charge is 2.34. The van der Waals surface area contributed by atoms with Crippen LogP contribution in [-0.2, 0) is 12.7 Å². The summed E-state index contributed by atoms with van der Waals surface area (Å²) in [6.45, 7) is 3.31. The van der Waals surface area contributed by atoms with Gasteiger partial charge in [-0.2, -0.15) is 13.2 Å². The molecule has 3 aromatic heterocycles. The minimum atomic E-state index is -4.54. The molecular weight excluding hydrogens is 423 g/mol. The van der Waals surface area contributed by atoms with E-state index in [0.717, 1.165) is 30.5 Å². The molecule has 1 aliphatic rings. The van der Waals surface area contributed by atoms with Crippen molar-refractivity contribution in [2.75, 3.05) is 18.9 Å². The Kier molecular flexibility index (Phi) is 6.00. The molecular formula is C21H24F3N7O. The lowest BCUT2D eigenvalue weighted by atomic mass is 9.97. The van der Waals surface area contributed by atoms with Crippen molar-refractivity contribution in [2.24, 2.45) is 0 Å². The van der Waals surface area contributed by atoms with E-state index >= 15 is 0 Å². The lowest BCUT2D eigenvalue weighted by molar-refractivity contribution is -0.145. The summed E-state index contributed by atoms with van der Waals surface area (Å²) >= 11 is 0. The molecule has 0 saturated carbocycles. The van der Waals surface area contributed by atoms with Gasteiger partial charge < -0.3 is 15.6 Å². The number of hydrogen-bond donors (Lipinski definition) is 3. The van der Waals surface area contributed by atoms with Crippen molar-refractivity contribution in [2.45, 2.75) is 44.6 Å². The molecule has 0 unspecified atom stereocenters. The van der Waals surface area contributed by atoms with Crippen LogP contribution in [0.4, 0.5) is 18.9 Å². The van der Waals surface area contributed by atoms with Crippen LogP contribution in [0, 0.1) is 0 Å². The first-order chi connectivity index (χ1) is 15.3. The molecule has 32 heavy (non-hydrogen) atoms. The largest absolute Gasteiger partial charge is 0.451 e. The molecule has 170 valence electrons. The second-order valence-corrected chi connectivity index (χ2v) is 7.96. The van der Waals surface area contributed by atoms with Gasteiger partial charge in [-0.15, -0.1) is 0 Å². The molecule has 3 aromatic rings. The molecule has 1 saturated heterocycles. The Labute approximate surface area is 182 Å². The van der Waals surface area contributed by atoms with E-state index in [1.54, 1.807) is 19.4 Å². The van der Waals surface area contributed by atoms with Gasteiger partial charge in [-0.3, -0.25) is 9.69 Å². The predicted molar refractivity (Wildman–Crippen MR) is 113 cm³/mol. The van der Waals surface area contributed by atoms with Gasteiger partial charge in [-0.1, -0.05) is 0 Å². The quantitative estimate of drug-likeness (QED) is 0.556. The second kappa shape index (κ2) is 8.73. The summed E-state index contributed by atoms with van der Waals surface area (Å²) in [6.07, 6.45) is 2.90. The topological polar surface area (TPSA) is 98.8 Å². The van der Waals surface area contributed by atoms with Gasteiger partial charge in [-0.05, 0) is 25.8 Å². The molecule has 8 nitrogen and oxygen atoms in total. The van der Waals surface area contributed by atoms with E-state index in [9.17, 15) is 18.0 Å². The first-order valence-electron chi connectivity index (χ1n) is 10.3. The predicted octanol–water partition coefficient (Wildman–Crippen LogP) is 3.20. The Hall–Kier alpha value is -3.21. The van der Waals surface area contributed by atoms with Crippen LogP contribution in [0.25, 0.3) is 11.0 Å². The third-order valence-electron chi connectivity index (χ3n) is 5.77. The highest BCUT2D eigenvalue weighted by molar-refractivity contribution is 6.06. The summed E-state index contributed by atoms with van der Waals surface area (Å²) < 4.78 is 38.0.